The molecular formula is C14H24N4O. The van der Waals surface area contributed by atoms with Gasteiger partial charge in [0.05, 0.1) is 0 Å². The van der Waals surface area contributed by atoms with Crippen LogP contribution in [-0.4, -0.2) is 58.6 Å². The third-order valence-corrected chi connectivity index (χ3v) is 3.61. The van der Waals surface area contributed by atoms with E-state index in [-0.39, 0.29) is 5.91 Å². The van der Waals surface area contributed by atoms with Gasteiger partial charge in [-0.05, 0) is 31.9 Å². The molecule has 5 nitrogen and oxygen atoms in total. The number of rotatable bonds is 4. The van der Waals surface area contributed by atoms with E-state index in [0.29, 0.717) is 5.69 Å². The number of aromatic amines is 1. The van der Waals surface area contributed by atoms with E-state index in [2.05, 4.69) is 28.9 Å². The minimum atomic E-state index is 0.0489. The van der Waals surface area contributed by atoms with E-state index in [0.717, 1.165) is 44.3 Å². The SMILES string of the molecule is Cc1cc(C(=O)N2CCN(CCC(C)C)CC2)n[nH]1. The summed E-state index contributed by atoms with van der Waals surface area (Å²) in [6.07, 6.45) is 1.23. The van der Waals surface area contributed by atoms with Gasteiger partial charge in [-0.25, -0.2) is 0 Å². The fourth-order valence-electron chi connectivity index (χ4n) is 2.30. The Morgan fingerprint density at radius 3 is 2.58 bits per heavy atom. The number of carbonyl (C=O) groups excluding carboxylic acids is 1. The van der Waals surface area contributed by atoms with E-state index in [9.17, 15) is 4.79 Å². The lowest BCUT2D eigenvalue weighted by Crippen LogP contribution is -2.49. The first-order chi connectivity index (χ1) is 9.06. The summed E-state index contributed by atoms with van der Waals surface area (Å²) in [5, 5.41) is 6.86. The maximum Gasteiger partial charge on any atom is 0.274 e. The topological polar surface area (TPSA) is 52.2 Å². The number of hydrogen-bond acceptors (Lipinski definition) is 3. The molecule has 0 aliphatic carbocycles. The van der Waals surface area contributed by atoms with Crippen molar-refractivity contribution in [3.8, 4) is 0 Å². The van der Waals surface area contributed by atoms with Crippen molar-refractivity contribution in [1.82, 2.24) is 20.0 Å². The standard InChI is InChI=1S/C14H24N4O/c1-11(2)4-5-17-6-8-18(9-7-17)14(19)13-10-12(3)15-16-13/h10-11H,4-9H2,1-3H3,(H,15,16). The first kappa shape index (κ1) is 14.1. The molecule has 1 aliphatic rings. The van der Waals surface area contributed by atoms with E-state index in [4.69, 9.17) is 0 Å². The van der Waals surface area contributed by atoms with Gasteiger partial charge < -0.3 is 4.90 Å². The van der Waals surface area contributed by atoms with Gasteiger partial charge >= 0.3 is 0 Å². The van der Waals surface area contributed by atoms with Crippen LogP contribution in [0.2, 0.25) is 0 Å². The molecule has 0 atom stereocenters. The zero-order chi connectivity index (χ0) is 13.8. The lowest BCUT2D eigenvalue weighted by Gasteiger charge is -2.34. The van der Waals surface area contributed by atoms with Crippen molar-refractivity contribution in [2.24, 2.45) is 5.92 Å². The van der Waals surface area contributed by atoms with Gasteiger partial charge in [-0.15, -0.1) is 0 Å². The summed E-state index contributed by atoms with van der Waals surface area (Å²) in [5.41, 5.74) is 1.46. The fraction of sp³-hybridized carbons (Fsp3) is 0.714. The predicted octanol–water partition coefficient (Wildman–Crippen LogP) is 1.52. The number of H-pyrrole nitrogens is 1. The number of carbonyl (C=O) groups is 1. The van der Waals surface area contributed by atoms with Gasteiger partial charge in [0.15, 0.2) is 0 Å². The summed E-state index contributed by atoms with van der Waals surface area (Å²) in [5.74, 6) is 0.791. The number of hydrogen-bond donors (Lipinski definition) is 1. The van der Waals surface area contributed by atoms with Gasteiger partial charge in [0.25, 0.3) is 5.91 Å². The zero-order valence-electron chi connectivity index (χ0n) is 12.1. The highest BCUT2D eigenvalue weighted by molar-refractivity contribution is 5.92. The third-order valence-electron chi connectivity index (χ3n) is 3.61. The van der Waals surface area contributed by atoms with Crippen LogP contribution in [0.4, 0.5) is 0 Å². The minimum Gasteiger partial charge on any atom is -0.335 e. The van der Waals surface area contributed by atoms with Crippen molar-refractivity contribution in [3.63, 3.8) is 0 Å². The molecule has 1 amide bonds. The molecule has 1 aliphatic heterocycles. The molecule has 1 aromatic rings. The van der Waals surface area contributed by atoms with E-state index in [1.807, 2.05) is 17.9 Å². The number of piperazine rings is 1. The van der Waals surface area contributed by atoms with Crippen molar-refractivity contribution in [2.75, 3.05) is 32.7 Å². The van der Waals surface area contributed by atoms with Crippen molar-refractivity contribution < 1.29 is 4.79 Å². The molecule has 1 saturated heterocycles. The molecular weight excluding hydrogens is 240 g/mol. The van der Waals surface area contributed by atoms with Gasteiger partial charge in [-0.3, -0.25) is 14.8 Å². The van der Waals surface area contributed by atoms with Crippen LogP contribution in [0.1, 0.15) is 36.5 Å². The summed E-state index contributed by atoms with van der Waals surface area (Å²) in [4.78, 5) is 16.6. The van der Waals surface area contributed by atoms with Crippen LogP contribution >= 0.6 is 0 Å². The second kappa shape index (κ2) is 6.19. The van der Waals surface area contributed by atoms with E-state index >= 15 is 0 Å². The lowest BCUT2D eigenvalue weighted by atomic mass is 10.1. The minimum absolute atomic E-state index is 0.0489. The smallest absolute Gasteiger partial charge is 0.274 e. The highest BCUT2D eigenvalue weighted by Crippen LogP contribution is 2.09. The normalized spacial score (nSPS) is 17.2. The molecule has 1 N–H and O–H groups in total. The van der Waals surface area contributed by atoms with Crippen LogP contribution in [0.3, 0.4) is 0 Å². The Bertz CT molecular complexity index is 419. The van der Waals surface area contributed by atoms with Gasteiger partial charge in [0.1, 0.15) is 5.69 Å². The van der Waals surface area contributed by atoms with Crippen molar-refractivity contribution in [3.05, 3.63) is 17.5 Å². The Balaban J connectivity index is 1.81. The molecule has 106 valence electrons. The average molecular weight is 264 g/mol. The molecule has 2 rings (SSSR count). The molecule has 0 spiro atoms. The van der Waals surface area contributed by atoms with E-state index < -0.39 is 0 Å². The van der Waals surface area contributed by atoms with Crippen LogP contribution in [-0.2, 0) is 0 Å². The Hall–Kier alpha value is -1.36. The molecule has 2 heterocycles. The molecule has 0 radical (unpaired) electrons. The second-order valence-electron chi connectivity index (χ2n) is 5.75. The molecule has 19 heavy (non-hydrogen) atoms. The van der Waals surface area contributed by atoms with Gasteiger partial charge in [0.2, 0.25) is 0 Å². The molecule has 1 aromatic heterocycles. The quantitative estimate of drug-likeness (QED) is 0.897. The zero-order valence-corrected chi connectivity index (χ0v) is 12.1. The Kier molecular flexibility index (Phi) is 4.58. The summed E-state index contributed by atoms with van der Waals surface area (Å²) in [6, 6.07) is 1.81. The van der Waals surface area contributed by atoms with Crippen LogP contribution in [0.15, 0.2) is 6.07 Å². The van der Waals surface area contributed by atoms with Gasteiger partial charge in [0, 0.05) is 31.9 Å². The predicted molar refractivity (Wildman–Crippen MR) is 75.1 cm³/mol. The highest BCUT2D eigenvalue weighted by atomic mass is 16.2. The molecule has 0 bridgehead atoms. The monoisotopic (exact) mass is 264 g/mol. The summed E-state index contributed by atoms with van der Waals surface area (Å²) < 4.78 is 0. The molecule has 1 fully saturated rings. The summed E-state index contributed by atoms with van der Waals surface area (Å²) >= 11 is 0. The Morgan fingerprint density at radius 1 is 1.37 bits per heavy atom. The van der Waals surface area contributed by atoms with Crippen LogP contribution < -0.4 is 0 Å². The number of aryl methyl sites for hydroxylation is 1. The number of amides is 1. The summed E-state index contributed by atoms with van der Waals surface area (Å²) in [7, 11) is 0. The fourth-order valence-corrected chi connectivity index (χ4v) is 2.30. The third kappa shape index (κ3) is 3.80. The van der Waals surface area contributed by atoms with Crippen LogP contribution in [0.25, 0.3) is 0 Å². The maximum absolute atomic E-state index is 12.2. The van der Waals surface area contributed by atoms with Gasteiger partial charge in [-0.2, -0.15) is 5.10 Å². The Labute approximate surface area is 115 Å². The second-order valence-corrected chi connectivity index (χ2v) is 5.75. The number of nitrogens with zero attached hydrogens (tertiary/aromatic N) is 3. The molecule has 0 aromatic carbocycles. The number of nitrogens with one attached hydrogen (secondary N) is 1. The lowest BCUT2D eigenvalue weighted by molar-refractivity contribution is 0.0626. The average Bonchev–Trinajstić information content (AvgIpc) is 2.83. The van der Waals surface area contributed by atoms with Gasteiger partial charge in [-0.1, -0.05) is 13.8 Å². The largest absolute Gasteiger partial charge is 0.335 e. The summed E-state index contributed by atoms with van der Waals surface area (Å²) in [6.45, 7) is 11.1. The first-order valence-electron chi connectivity index (χ1n) is 7.10. The molecule has 0 unspecified atom stereocenters. The van der Waals surface area contributed by atoms with Crippen LogP contribution in [0.5, 0.6) is 0 Å². The maximum atomic E-state index is 12.2. The molecule has 5 heteroatoms. The number of aromatic nitrogens is 2. The Morgan fingerprint density at radius 2 is 2.05 bits per heavy atom. The van der Waals surface area contributed by atoms with E-state index in [1.165, 1.54) is 6.42 Å². The van der Waals surface area contributed by atoms with Crippen molar-refractivity contribution in [1.29, 1.82) is 0 Å². The van der Waals surface area contributed by atoms with Crippen LogP contribution in [0, 0.1) is 12.8 Å². The van der Waals surface area contributed by atoms with Crippen molar-refractivity contribution in [2.45, 2.75) is 27.2 Å². The highest BCUT2D eigenvalue weighted by Gasteiger charge is 2.23. The first-order valence-corrected chi connectivity index (χ1v) is 7.10. The molecule has 0 saturated carbocycles. The van der Waals surface area contributed by atoms with Crippen molar-refractivity contribution >= 4 is 5.91 Å². The van der Waals surface area contributed by atoms with E-state index in [1.54, 1.807) is 0 Å².